The summed E-state index contributed by atoms with van der Waals surface area (Å²) in [6.45, 7) is 6.61. The maximum absolute atomic E-state index is 4.86. The molecule has 182 valence electrons. The summed E-state index contributed by atoms with van der Waals surface area (Å²) < 4.78 is 0. The van der Waals surface area contributed by atoms with Crippen molar-refractivity contribution in [3.05, 3.63) is 65.0 Å². The highest BCUT2D eigenvalue weighted by atomic mass is 15.1. The molecule has 4 nitrogen and oxygen atoms in total. The number of para-hydroxylation sites is 1. The van der Waals surface area contributed by atoms with E-state index in [0.717, 1.165) is 53.9 Å². The molecule has 1 aromatic heterocycles. The first-order valence-electron chi connectivity index (χ1n) is 13.2. The Hall–Kier alpha value is -2.46. The number of unbranched alkanes of at least 4 members (excludes halogenated alkanes) is 1. The number of benzene rings is 2. The maximum Gasteiger partial charge on any atom is 0.139 e. The molecule has 1 saturated carbocycles. The summed E-state index contributed by atoms with van der Waals surface area (Å²) in [4.78, 5) is 11.8. The van der Waals surface area contributed by atoms with Crippen molar-refractivity contribution in [2.24, 2.45) is 11.8 Å². The van der Waals surface area contributed by atoms with E-state index in [4.69, 9.17) is 9.97 Å². The average molecular weight is 459 g/mol. The topological polar surface area (TPSA) is 41.1 Å². The monoisotopic (exact) mass is 458 g/mol. The minimum atomic E-state index is 0.844. The van der Waals surface area contributed by atoms with Crippen molar-refractivity contribution in [3.8, 4) is 0 Å². The van der Waals surface area contributed by atoms with Crippen molar-refractivity contribution in [1.29, 1.82) is 0 Å². The third-order valence-electron chi connectivity index (χ3n) is 7.75. The Balaban J connectivity index is 1.16. The van der Waals surface area contributed by atoms with Gasteiger partial charge in [-0.2, -0.15) is 0 Å². The first kappa shape index (κ1) is 24.7. The lowest BCUT2D eigenvalue weighted by atomic mass is 9.79. The molecule has 0 saturated heterocycles. The Morgan fingerprint density at radius 3 is 2.44 bits per heavy atom. The summed E-state index contributed by atoms with van der Waals surface area (Å²) >= 11 is 0. The Morgan fingerprint density at radius 1 is 0.882 bits per heavy atom. The van der Waals surface area contributed by atoms with Gasteiger partial charge in [-0.25, -0.2) is 9.97 Å². The summed E-state index contributed by atoms with van der Waals surface area (Å²) in [7, 11) is 4.13. The zero-order valence-electron chi connectivity index (χ0n) is 21.6. The summed E-state index contributed by atoms with van der Waals surface area (Å²) in [5.41, 5.74) is 5.33. The van der Waals surface area contributed by atoms with Crippen LogP contribution < -0.4 is 10.2 Å². The molecule has 4 heteroatoms. The zero-order chi connectivity index (χ0) is 23.9. The van der Waals surface area contributed by atoms with E-state index in [1.165, 1.54) is 61.6 Å². The van der Waals surface area contributed by atoms with Crippen LogP contribution in [-0.4, -0.2) is 30.6 Å². The molecule has 1 heterocycles. The molecule has 4 rings (SSSR count). The van der Waals surface area contributed by atoms with Crippen molar-refractivity contribution in [3.63, 3.8) is 0 Å². The molecule has 0 aliphatic heterocycles. The van der Waals surface area contributed by atoms with Crippen LogP contribution in [0.4, 0.5) is 5.82 Å². The SMILES string of the molecule is Cc1cccc(CNCC2CCC(CCCCc3nc(N(C)C)c4ccccc4n3)CC2)c1C. The Kier molecular flexibility index (Phi) is 8.55. The van der Waals surface area contributed by atoms with Gasteiger partial charge >= 0.3 is 0 Å². The lowest BCUT2D eigenvalue weighted by Gasteiger charge is -2.29. The summed E-state index contributed by atoms with van der Waals surface area (Å²) in [6.07, 6.45) is 10.4. The molecule has 2 aromatic carbocycles. The van der Waals surface area contributed by atoms with Gasteiger partial charge in [0.25, 0.3) is 0 Å². The minimum absolute atomic E-state index is 0.844. The van der Waals surface area contributed by atoms with Gasteiger partial charge < -0.3 is 10.2 Å². The summed E-state index contributed by atoms with van der Waals surface area (Å²) in [6, 6.07) is 15.0. The minimum Gasteiger partial charge on any atom is -0.362 e. The normalized spacial score (nSPS) is 18.4. The van der Waals surface area contributed by atoms with Gasteiger partial charge in [-0.3, -0.25) is 0 Å². The zero-order valence-corrected chi connectivity index (χ0v) is 21.6. The number of hydrogen-bond donors (Lipinski definition) is 1. The average Bonchev–Trinajstić information content (AvgIpc) is 2.84. The number of nitrogens with zero attached hydrogens (tertiary/aromatic N) is 3. The smallest absolute Gasteiger partial charge is 0.139 e. The molecule has 34 heavy (non-hydrogen) atoms. The van der Waals surface area contributed by atoms with Crippen LogP contribution in [0.5, 0.6) is 0 Å². The van der Waals surface area contributed by atoms with Crippen LogP contribution in [0.25, 0.3) is 10.9 Å². The molecule has 0 amide bonds. The van der Waals surface area contributed by atoms with Gasteiger partial charge in [0.15, 0.2) is 0 Å². The van der Waals surface area contributed by atoms with Gasteiger partial charge in [-0.1, -0.05) is 56.0 Å². The fourth-order valence-corrected chi connectivity index (χ4v) is 5.41. The molecular formula is C30H42N4. The van der Waals surface area contributed by atoms with Gasteiger partial charge in [-0.15, -0.1) is 0 Å². The van der Waals surface area contributed by atoms with Crippen LogP contribution in [0.2, 0.25) is 0 Å². The first-order chi connectivity index (χ1) is 16.5. The fourth-order valence-electron chi connectivity index (χ4n) is 5.41. The number of fused-ring (bicyclic) bond motifs is 1. The third kappa shape index (κ3) is 6.35. The van der Waals surface area contributed by atoms with Crippen molar-refractivity contribution in [2.45, 2.75) is 71.8 Å². The van der Waals surface area contributed by atoms with E-state index in [1.807, 2.05) is 0 Å². The van der Waals surface area contributed by atoms with Gasteiger partial charge in [-0.05, 0) is 80.3 Å². The quantitative estimate of drug-likeness (QED) is 0.347. The lowest BCUT2D eigenvalue weighted by molar-refractivity contribution is 0.253. The molecular weight excluding hydrogens is 416 g/mol. The van der Waals surface area contributed by atoms with E-state index < -0.39 is 0 Å². The Bertz CT molecular complexity index is 1070. The summed E-state index contributed by atoms with van der Waals surface area (Å²) in [5.74, 6) is 3.77. The summed E-state index contributed by atoms with van der Waals surface area (Å²) in [5, 5.41) is 4.87. The maximum atomic E-state index is 4.86. The highest BCUT2D eigenvalue weighted by Crippen LogP contribution is 2.32. The molecule has 1 N–H and O–H groups in total. The van der Waals surface area contributed by atoms with E-state index >= 15 is 0 Å². The van der Waals surface area contributed by atoms with Gasteiger partial charge in [0.2, 0.25) is 0 Å². The predicted octanol–water partition coefficient (Wildman–Crippen LogP) is 6.62. The van der Waals surface area contributed by atoms with Crippen molar-refractivity contribution >= 4 is 16.7 Å². The molecule has 0 radical (unpaired) electrons. The molecule has 0 spiro atoms. The van der Waals surface area contributed by atoms with Crippen molar-refractivity contribution in [1.82, 2.24) is 15.3 Å². The molecule has 0 atom stereocenters. The lowest BCUT2D eigenvalue weighted by Crippen LogP contribution is -2.26. The largest absolute Gasteiger partial charge is 0.362 e. The molecule has 3 aromatic rings. The van der Waals surface area contributed by atoms with Crippen molar-refractivity contribution < 1.29 is 0 Å². The second-order valence-electron chi connectivity index (χ2n) is 10.5. The highest BCUT2D eigenvalue weighted by molar-refractivity contribution is 5.89. The standard InChI is InChI=1S/C30H42N4/c1-22-10-9-12-26(23(22)2)21-31-20-25-18-16-24(17-19-25)11-5-8-15-29-32-28-14-7-6-13-27(28)30(33-29)34(3)4/h6-7,9-10,12-14,24-25,31H,5,8,11,15-21H2,1-4H3. The fraction of sp³-hybridized carbons (Fsp3) is 0.533. The number of aryl methyl sites for hydroxylation is 2. The van der Waals surface area contributed by atoms with E-state index in [1.54, 1.807) is 0 Å². The third-order valence-corrected chi connectivity index (χ3v) is 7.75. The van der Waals surface area contributed by atoms with Crippen LogP contribution in [0.1, 0.15) is 67.5 Å². The van der Waals surface area contributed by atoms with E-state index in [2.05, 4.69) is 80.6 Å². The second-order valence-corrected chi connectivity index (χ2v) is 10.5. The second kappa shape index (κ2) is 11.8. The predicted molar refractivity (Wildman–Crippen MR) is 144 cm³/mol. The Labute approximate surface area is 206 Å². The highest BCUT2D eigenvalue weighted by Gasteiger charge is 2.20. The van der Waals surface area contributed by atoms with Crippen molar-refractivity contribution in [2.75, 3.05) is 25.5 Å². The first-order valence-corrected chi connectivity index (χ1v) is 13.2. The number of hydrogen-bond acceptors (Lipinski definition) is 4. The van der Waals surface area contributed by atoms with Crippen LogP contribution >= 0.6 is 0 Å². The van der Waals surface area contributed by atoms with Crippen LogP contribution in [-0.2, 0) is 13.0 Å². The van der Waals surface area contributed by atoms with E-state index in [-0.39, 0.29) is 0 Å². The number of rotatable bonds is 10. The molecule has 1 aliphatic carbocycles. The molecule has 1 aliphatic rings. The molecule has 1 fully saturated rings. The van der Waals surface area contributed by atoms with Crippen LogP contribution in [0.15, 0.2) is 42.5 Å². The van der Waals surface area contributed by atoms with E-state index in [0.29, 0.717) is 0 Å². The number of nitrogens with one attached hydrogen (secondary N) is 1. The number of anilines is 1. The Morgan fingerprint density at radius 2 is 1.65 bits per heavy atom. The van der Waals surface area contributed by atoms with Crippen LogP contribution in [0.3, 0.4) is 0 Å². The van der Waals surface area contributed by atoms with E-state index in [9.17, 15) is 0 Å². The van der Waals surface area contributed by atoms with Gasteiger partial charge in [0.1, 0.15) is 11.6 Å². The van der Waals surface area contributed by atoms with Gasteiger partial charge in [0.05, 0.1) is 5.52 Å². The number of aromatic nitrogens is 2. The van der Waals surface area contributed by atoms with Gasteiger partial charge in [0, 0.05) is 32.4 Å². The molecule has 0 bridgehead atoms. The molecule has 0 unspecified atom stereocenters. The van der Waals surface area contributed by atoms with Crippen LogP contribution in [0, 0.1) is 25.7 Å².